The molecule has 1 unspecified atom stereocenters. The van der Waals surface area contributed by atoms with Gasteiger partial charge in [-0.15, -0.1) is 0 Å². The van der Waals surface area contributed by atoms with E-state index in [0.29, 0.717) is 0 Å². The topological polar surface area (TPSA) is 20.2 Å². The number of allylic oxidation sites excluding steroid dienone is 3. The number of hydrogen-bond donors (Lipinski definition) is 1. The highest BCUT2D eigenvalue weighted by Crippen LogP contribution is 2.10. The third-order valence-electron chi connectivity index (χ3n) is 2.55. The summed E-state index contributed by atoms with van der Waals surface area (Å²) in [5.74, 6) is 0. The molecule has 0 saturated heterocycles. The zero-order valence-corrected chi connectivity index (χ0v) is 10.1. The van der Waals surface area contributed by atoms with Gasteiger partial charge in [0.1, 0.15) is 0 Å². The van der Waals surface area contributed by atoms with Crippen molar-refractivity contribution in [3.63, 3.8) is 0 Å². The lowest BCUT2D eigenvalue weighted by atomic mass is 10.1. The molecule has 1 N–H and O–H groups in total. The molecule has 1 nitrogen and oxygen atoms in total. The Balaban J connectivity index is 3.10. The second-order valence-corrected chi connectivity index (χ2v) is 4.10. The molecule has 0 aromatic rings. The SMILES string of the molecule is C=C/C=C/CCCCCCC(O)CCC. The molecule has 0 radical (unpaired) electrons. The fourth-order valence-corrected chi connectivity index (χ4v) is 1.67. The number of aliphatic hydroxyl groups excluding tert-OH is 1. The predicted octanol–water partition coefficient (Wildman–Crippen LogP) is 4.23. The van der Waals surface area contributed by atoms with Crippen LogP contribution >= 0.6 is 0 Å². The number of rotatable bonds is 10. The quantitative estimate of drug-likeness (QED) is 0.422. The van der Waals surface area contributed by atoms with Crippen LogP contribution in [0.15, 0.2) is 24.8 Å². The Labute approximate surface area is 94.9 Å². The van der Waals surface area contributed by atoms with Crippen LogP contribution in [0.3, 0.4) is 0 Å². The Morgan fingerprint density at radius 3 is 2.53 bits per heavy atom. The maximum atomic E-state index is 9.50. The Kier molecular flexibility index (Phi) is 11.1. The average molecular weight is 210 g/mol. The molecule has 0 aliphatic carbocycles. The molecule has 0 aliphatic rings. The van der Waals surface area contributed by atoms with Crippen LogP contribution in [0.25, 0.3) is 0 Å². The van der Waals surface area contributed by atoms with Crippen LogP contribution in [-0.2, 0) is 0 Å². The summed E-state index contributed by atoms with van der Waals surface area (Å²) in [6.07, 6.45) is 15.1. The normalized spacial score (nSPS) is 13.2. The summed E-state index contributed by atoms with van der Waals surface area (Å²) in [5.41, 5.74) is 0. The van der Waals surface area contributed by atoms with Crippen molar-refractivity contribution in [3.05, 3.63) is 24.8 Å². The molecule has 0 heterocycles. The summed E-state index contributed by atoms with van der Waals surface area (Å²) in [6.45, 7) is 5.75. The van der Waals surface area contributed by atoms with E-state index < -0.39 is 0 Å². The molecule has 0 bridgehead atoms. The second kappa shape index (κ2) is 11.5. The van der Waals surface area contributed by atoms with Crippen molar-refractivity contribution in [2.75, 3.05) is 0 Å². The summed E-state index contributed by atoms with van der Waals surface area (Å²) in [7, 11) is 0. The summed E-state index contributed by atoms with van der Waals surface area (Å²) in [5, 5.41) is 9.50. The van der Waals surface area contributed by atoms with E-state index in [-0.39, 0.29) is 6.10 Å². The first-order valence-electron chi connectivity index (χ1n) is 6.26. The number of hydrogen-bond acceptors (Lipinski definition) is 1. The van der Waals surface area contributed by atoms with Gasteiger partial charge in [-0.1, -0.05) is 57.4 Å². The van der Waals surface area contributed by atoms with E-state index >= 15 is 0 Å². The Morgan fingerprint density at radius 1 is 1.13 bits per heavy atom. The average Bonchev–Trinajstić information content (AvgIpc) is 2.22. The van der Waals surface area contributed by atoms with E-state index in [1.807, 2.05) is 12.2 Å². The second-order valence-electron chi connectivity index (χ2n) is 4.10. The van der Waals surface area contributed by atoms with Gasteiger partial charge in [-0.2, -0.15) is 0 Å². The molecule has 0 aromatic heterocycles. The third kappa shape index (κ3) is 11.4. The third-order valence-corrected chi connectivity index (χ3v) is 2.55. The molecular weight excluding hydrogens is 184 g/mol. The number of aliphatic hydroxyl groups is 1. The highest BCUT2D eigenvalue weighted by molar-refractivity contribution is 4.96. The van der Waals surface area contributed by atoms with Crippen molar-refractivity contribution in [1.82, 2.24) is 0 Å². The lowest BCUT2D eigenvalue weighted by Gasteiger charge is -2.07. The van der Waals surface area contributed by atoms with Crippen LogP contribution in [0.5, 0.6) is 0 Å². The van der Waals surface area contributed by atoms with Gasteiger partial charge in [0, 0.05) is 0 Å². The van der Waals surface area contributed by atoms with E-state index in [2.05, 4.69) is 19.6 Å². The molecule has 0 rings (SSSR count). The highest BCUT2D eigenvalue weighted by atomic mass is 16.3. The Morgan fingerprint density at radius 2 is 1.87 bits per heavy atom. The fourth-order valence-electron chi connectivity index (χ4n) is 1.67. The van der Waals surface area contributed by atoms with Crippen molar-refractivity contribution in [1.29, 1.82) is 0 Å². The summed E-state index contributed by atoms with van der Waals surface area (Å²) in [4.78, 5) is 0. The van der Waals surface area contributed by atoms with Gasteiger partial charge in [-0.3, -0.25) is 0 Å². The monoisotopic (exact) mass is 210 g/mol. The van der Waals surface area contributed by atoms with Gasteiger partial charge >= 0.3 is 0 Å². The fraction of sp³-hybridized carbons (Fsp3) is 0.714. The first kappa shape index (κ1) is 14.4. The molecule has 0 aliphatic heterocycles. The van der Waals surface area contributed by atoms with Crippen molar-refractivity contribution >= 4 is 0 Å². The van der Waals surface area contributed by atoms with Crippen molar-refractivity contribution < 1.29 is 5.11 Å². The van der Waals surface area contributed by atoms with Gasteiger partial charge in [0.05, 0.1) is 6.10 Å². The van der Waals surface area contributed by atoms with Crippen molar-refractivity contribution in [2.45, 2.75) is 64.4 Å². The Bertz CT molecular complexity index is 161. The van der Waals surface area contributed by atoms with Crippen LogP contribution in [0.1, 0.15) is 58.3 Å². The van der Waals surface area contributed by atoms with Gasteiger partial charge < -0.3 is 5.11 Å². The minimum atomic E-state index is -0.0596. The Hall–Kier alpha value is -0.560. The van der Waals surface area contributed by atoms with Crippen LogP contribution in [0.4, 0.5) is 0 Å². The predicted molar refractivity (Wildman–Crippen MR) is 68.0 cm³/mol. The molecule has 0 spiro atoms. The minimum absolute atomic E-state index is 0.0596. The minimum Gasteiger partial charge on any atom is -0.393 e. The van der Waals surface area contributed by atoms with E-state index in [1.54, 1.807) is 0 Å². The summed E-state index contributed by atoms with van der Waals surface area (Å²) < 4.78 is 0. The molecule has 0 saturated carbocycles. The van der Waals surface area contributed by atoms with Crippen LogP contribution in [0.2, 0.25) is 0 Å². The molecule has 88 valence electrons. The van der Waals surface area contributed by atoms with E-state index in [0.717, 1.165) is 25.7 Å². The lowest BCUT2D eigenvalue weighted by Crippen LogP contribution is -2.04. The largest absolute Gasteiger partial charge is 0.393 e. The molecule has 0 aromatic carbocycles. The van der Waals surface area contributed by atoms with Crippen LogP contribution in [-0.4, -0.2) is 11.2 Å². The molecule has 0 amide bonds. The van der Waals surface area contributed by atoms with E-state index in [4.69, 9.17) is 0 Å². The number of unbranched alkanes of at least 4 members (excludes halogenated alkanes) is 4. The zero-order chi connectivity index (χ0) is 11.4. The van der Waals surface area contributed by atoms with Gasteiger partial charge in [0.15, 0.2) is 0 Å². The summed E-state index contributed by atoms with van der Waals surface area (Å²) in [6, 6.07) is 0. The van der Waals surface area contributed by atoms with Crippen molar-refractivity contribution in [2.24, 2.45) is 0 Å². The molecule has 1 atom stereocenters. The first-order chi connectivity index (χ1) is 7.31. The van der Waals surface area contributed by atoms with Gasteiger partial charge in [-0.05, 0) is 25.7 Å². The molecule has 1 heteroatoms. The van der Waals surface area contributed by atoms with E-state index in [9.17, 15) is 5.11 Å². The lowest BCUT2D eigenvalue weighted by molar-refractivity contribution is 0.150. The van der Waals surface area contributed by atoms with E-state index in [1.165, 1.54) is 25.7 Å². The molecule has 0 fully saturated rings. The standard InChI is InChI=1S/C14H26O/c1-3-5-6-7-8-9-10-11-13-14(15)12-4-2/h3,5-6,14-15H,1,4,7-13H2,2H3/b6-5+. The maximum Gasteiger partial charge on any atom is 0.0540 e. The molecule has 15 heavy (non-hydrogen) atoms. The van der Waals surface area contributed by atoms with Crippen molar-refractivity contribution in [3.8, 4) is 0 Å². The van der Waals surface area contributed by atoms with Gasteiger partial charge in [0.2, 0.25) is 0 Å². The summed E-state index contributed by atoms with van der Waals surface area (Å²) >= 11 is 0. The maximum absolute atomic E-state index is 9.50. The van der Waals surface area contributed by atoms with Crippen LogP contribution in [0, 0.1) is 0 Å². The van der Waals surface area contributed by atoms with Gasteiger partial charge in [0.25, 0.3) is 0 Å². The zero-order valence-electron chi connectivity index (χ0n) is 10.1. The first-order valence-corrected chi connectivity index (χ1v) is 6.26. The highest BCUT2D eigenvalue weighted by Gasteiger charge is 2.00. The smallest absolute Gasteiger partial charge is 0.0540 e. The van der Waals surface area contributed by atoms with Gasteiger partial charge in [-0.25, -0.2) is 0 Å². The van der Waals surface area contributed by atoms with Crippen LogP contribution < -0.4 is 0 Å². The molecular formula is C14H26O.